The molecule has 0 spiro atoms. The van der Waals surface area contributed by atoms with Gasteiger partial charge in [0.2, 0.25) is 0 Å². The number of rotatable bonds is 5. The van der Waals surface area contributed by atoms with Crippen LogP contribution in [0.4, 0.5) is 0 Å². The lowest BCUT2D eigenvalue weighted by Gasteiger charge is -2.58. The minimum absolute atomic E-state index is 0.276. The van der Waals surface area contributed by atoms with E-state index in [0.717, 1.165) is 48.4 Å². The van der Waals surface area contributed by atoms with Gasteiger partial charge in [-0.25, -0.2) is 0 Å². The molecule has 7 atom stereocenters. The average Bonchev–Trinajstić information content (AvgIpc) is 3.14. The summed E-state index contributed by atoms with van der Waals surface area (Å²) in [6.45, 7) is 13.8. The van der Waals surface area contributed by atoms with Gasteiger partial charge < -0.3 is 10.4 Å². The zero-order chi connectivity index (χ0) is 24.2. The Hall–Kier alpha value is -1.32. The van der Waals surface area contributed by atoms with Crippen LogP contribution in [0.15, 0.2) is 22.0 Å². The fourth-order valence-corrected chi connectivity index (χ4v) is 8.61. The Kier molecular flexibility index (Phi) is 8.72. The molecule has 0 aromatic rings. The van der Waals surface area contributed by atoms with Gasteiger partial charge in [-0.15, -0.1) is 0 Å². The fraction of sp³-hybridized carbons (Fsp3) is 0.862. The molecule has 0 aliphatic heterocycles. The summed E-state index contributed by atoms with van der Waals surface area (Å²) in [5, 5.41) is 25.9. The maximum atomic E-state index is 9.54. The fourth-order valence-electron chi connectivity index (χ4n) is 8.61. The minimum atomic E-state index is 0.276. The molecule has 0 radical (unpaired) electrons. The van der Waals surface area contributed by atoms with Crippen LogP contribution < -0.4 is 0 Å². The van der Waals surface area contributed by atoms with E-state index in [1.807, 2.05) is 6.92 Å². The minimum Gasteiger partial charge on any atom is -0.411 e. The molecule has 33 heavy (non-hydrogen) atoms. The third-order valence-corrected chi connectivity index (χ3v) is 10.4. The molecule has 188 valence electrons. The van der Waals surface area contributed by atoms with Gasteiger partial charge in [-0.1, -0.05) is 82.6 Å². The monoisotopic (exact) mass is 458 g/mol. The molecule has 4 aliphatic carbocycles. The summed E-state index contributed by atoms with van der Waals surface area (Å²) in [4.78, 5) is 0. The Morgan fingerprint density at radius 1 is 1.00 bits per heavy atom. The molecule has 4 rings (SSSR count). The molecule has 0 aromatic carbocycles. The largest absolute Gasteiger partial charge is 0.411 e. The SMILES string of the molecule is CCCCCC.CC[C@H]1CC2C3CCC4=C/C(=N/O)CC[C@@]4(C)C3CC[C@@]2(C)[C@@H]1/C(C)=N\O. The van der Waals surface area contributed by atoms with E-state index in [2.05, 4.69) is 51.0 Å². The molecule has 0 amide bonds. The van der Waals surface area contributed by atoms with Crippen molar-refractivity contribution >= 4 is 11.4 Å². The van der Waals surface area contributed by atoms with Crippen LogP contribution in [-0.2, 0) is 0 Å². The van der Waals surface area contributed by atoms with Gasteiger partial charge in [-0.3, -0.25) is 0 Å². The summed E-state index contributed by atoms with van der Waals surface area (Å²) in [5.74, 6) is 3.36. The Balaban J connectivity index is 0.000000454. The topological polar surface area (TPSA) is 65.2 Å². The lowest BCUT2D eigenvalue weighted by molar-refractivity contribution is -0.0412. The van der Waals surface area contributed by atoms with E-state index in [9.17, 15) is 10.4 Å². The van der Waals surface area contributed by atoms with Crippen molar-refractivity contribution in [1.29, 1.82) is 0 Å². The van der Waals surface area contributed by atoms with E-state index in [1.165, 1.54) is 63.4 Å². The first-order valence-electron chi connectivity index (χ1n) is 13.9. The second kappa shape index (κ2) is 11.0. The summed E-state index contributed by atoms with van der Waals surface area (Å²) in [6, 6.07) is 0. The smallest absolute Gasteiger partial charge is 0.0795 e. The van der Waals surface area contributed by atoms with Crippen molar-refractivity contribution in [2.45, 2.75) is 119 Å². The first kappa shape index (κ1) is 26.3. The number of hydrogen-bond donors (Lipinski definition) is 2. The lowest BCUT2D eigenvalue weighted by Crippen LogP contribution is -2.51. The van der Waals surface area contributed by atoms with Crippen molar-refractivity contribution in [2.75, 3.05) is 0 Å². The van der Waals surface area contributed by atoms with Crippen molar-refractivity contribution in [3.8, 4) is 0 Å². The van der Waals surface area contributed by atoms with Crippen molar-refractivity contribution < 1.29 is 10.4 Å². The molecular weight excluding hydrogens is 408 g/mol. The van der Waals surface area contributed by atoms with Crippen molar-refractivity contribution in [1.82, 2.24) is 0 Å². The number of hydrogen-bond acceptors (Lipinski definition) is 4. The number of allylic oxidation sites excluding steroid dienone is 2. The Bertz CT molecular complexity index is 753. The first-order valence-corrected chi connectivity index (χ1v) is 13.9. The maximum Gasteiger partial charge on any atom is 0.0795 e. The number of nitrogens with zero attached hydrogens (tertiary/aromatic N) is 2. The molecule has 4 heteroatoms. The van der Waals surface area contributed by atoms with Crippen LogP contribution in [0.1, 0.15) is 119 Å². The molecule has 4 aliphatic rings. The highest BCUT2D eigenvalue weighted by atomic mass is 16.4. The quantitative estimate of drug-likeness (QED) is 0.188. The Labute approximate surface area is 203 Å². The van der Waals surface area contributed by atoms with E-state index >= 15 is 0 Å². The average molecular weight is 459 g/mol. The molecule has 3 saturated carbocycles. The van der Waals surface area contributed by atoms with Crippen LogP contribution in [0, 0.1) is 40.4 Å². The van der Waals surface area contributed by atoms with Crippen molar-refractivity contribution in [3.63, 3.8) is 0 Å². The van der Waals surface area contributed by atoms with Gasteiger partial charge in [0.15, 0.2) is 0 Å². The van der Waals surface area contributed by atoms with Crippen molar-refractivity contribution in [2.24, 2.45) is 50.7 Å². The molecule has 0 saturated heterocycles. The summed E-state index contributed by atoms with van der Waals surface area (Å²) in [6.07, 6.45) is 17.2. The van der Waals surface area contributed by atoms with Crippen LogP contribution in [0.2, 0.25) is 0 Å². The summed E-state index contributed by atoms with van der Waals surface area (Å²) in [5.41, 5.74) is 3.90. The molecule has 0 heterocycles. The molecule has 2 N–H and O–H groups in total. The van der Waals surface area contributed by atoms with E-state index in [4.69, 9.17) is 0 Å². The van der Waals surface area contributed by atoms with Crippen LogP contribution in [-0.4, -0.2) is 21.8 Å². The van der Waals surface area contributed by atoms with Gasteiger partial charge >= 0.3 is 0 Å². The highest BCUT2D eigenvalue weighted by Crippen LogP contribution is 2.68. The molecule has 0 bridgehead atoms. The molecular formula is C29H50N2O2. The normalized spacial score (nSPS) is 41.4. The summed E-state index contributed by atoms with van der Waals surface area (Å²) >= 11 is 0. The van der Waals surface area contributed by atoms with E-state index in [-0.39, 0.29) is 10.8 Å². The molecule has 3 fully saturated rings. The third kappa shape index (κ3) is 4.78. The van der Waals surface area contributed by atoms with Gasteiger partial charge in [-0.2, -0.15) is 0 Å². The highest BCUT2D eigenvalue weighted by Gasteiger charge is 2.61. The van der Waals surface area contributed by atoms with Crippen LogP contribution in [0.25, 0.3) is 0 Å². The first-order chi connectivity index (χ1) is 15.8. The predicted molar refractivity (Wildman–Crippen MR) is 138 cm³/mol. The number of fused-ring (bicyclic) bond motifs is 5. The van der Waals surface area contributed by atoms with Crippen LogP contribution in [0.5, 0.6) is 0 Å². The van der Waals surface area contributed by atoms with Gasteiger partial charge in [0.1, 0.15) is 0 Å². The van der Waals surface area contributed by atoms with Crippen LogP contribution in [0.3, 0.4) is 0 Å². The third-order valence-electron chi connectivity index (χ3n) is 10.4. The molecule has 0 aromatic heterocycles. The second-order valence-corrected chi connectivity index (χ2v) is 12.0. The summed E-state index contributed by atoms with van der Waals surface area (Å²) in [7, 11) is 0. The Morgan fingerprint density at radius 2 is 1.70 bits per heavy atom. The molecule has 3 unspecified atom stereocenters. The zero-order valence-electron chi connectivity index (χ0n) is 22.2. The predicted octanol–water partition coefficient (Wildman–Crippen LogP) is 8.47. The van der Waals surface area contributed by atoms with Crippen molar-refractivity contribution in [3.05, 3.63) is 11.6 Å². The zero-order valence-corrected chi connectivity index (χ0v) is 22.2. The number of unbranched alkanes of at least 4 members (excludes halogenated alkanes) is 3. The van der Waals surface area contributed by atoms with E-state index in [0.29, 0.717) is 11.8 Å². The molecule has 4 nitrogen and oxygen atoms in total. The standard InChI is InChI=1S/C23H36N2O2.C6H14/c1-5-15-12-20-18-7-6-16-13-17(25-27)8-10-22(16,3)19(18)9-11-23(20,4)21(15)14(2)24-26;1-3-5-6-4-2/h13,15,18-21,26-27H,5-12H2,1-4H3;3-6H2,1-2H3/b24-14-,25-17+;/t15-,18?,19?,20?,21+,22+,23+;/m0./s1. The van der Waals surface area contributed by atoms with E-state index < -0.39 is 0 Å². The van der Waals surface area contributed by atoms with Crippen LogP contribution >= 0.6 is 0 Å². The Morgan fingerprint density at radius 3 is 2.27 bits per heavy atom. The lowest BCUT2D eigenvalue weighted by atomic mass is 9.46. The van der Waals surface area contributed by atoms with Gasteiger partial charge in [0.05, 0.1) is 11.4 Å². The summed E-state index contributed by atoms with van der Waals surface area (Å²) < 4.78 is 0. The highest BCUT2D eigenvalue weighted by molar-refractivity contribution is 5.96. The second-order valence-electron chi connectivity index (χ2n) is 12.0. The van der Waals surface area contributed by atoms with Gasteiger partial charge in [0, 0.05) is 5.92 Å². The maximum absolute atomic E-state index is 9.54. The van der Waals surface area contributed by atoms with Gasteiger partial charge in [0.25, 0.3) is 0 Å². The van der Waals surface area contributed by atoms with Gasteiger partial charge in [-0.05, 0) is 92.4 Å². The number of oxime groups is 2. The van der Waals surface area contributed by atoms with E-state index in [1.54, 1.807) is 0 Å².